The predicted molar refractivity (Wildman–Crippen MR) is 94.8 cm³/mol. The lowest BCUT2D eigenvalue weighted by atomic mass is 10.0. The third-order valence-electron chi connectivity index (χ3n) is 5.14. The van der Waals surface area contributed by atoms with Crippen molar-refractivity contribution in [3.63, 3.8) is 0 Å². The van der Waals surface area contributed by atoms with Crippen molar-refractivity contribution in [3.05, 3.63) is 35.0 Å². The van der Waals surface area contributed by atoms with Gasteiger partial charge in [-0.15, -0.1) is 0 Å². The van der Waals surface area contributed by atoms with Crippen LogP contribution in [0.2, 0.25) is 5.02 Å². The summed E-state index contributed by atoms with van der Waals surface area (Å²) in [6.45, 7) is -0.397. The van der Waals surface area contributed by atoms with E-state index in [2.05, 4.69) is 0 Å². The van der Waals surface area contributed by atoms with Gasteiger partial charge in [0, 0.05) is 42.4 Å². The van der Waals surface area contributed by atoms with Crippen LogP contribution in [0.4, 0.5) is 8.78 Å². The maximum Gasteiger partial charge on any atom is 0.289 e. The molecule has 0 radical (unpaired) electrons. The van der Waals surface area contributed by atoms with E-state index < -0.39 is 36.9 Å². The second-order valence-corrected chi connectivity index (χ2v) is 7.55. The lowest BCUT2D eigenvalue weighted by Gasteiger charge is -2.37. The van der Waals surface area contributed by atoms with E-state index in [1.165, 1.54) is 4.90 Å². The van der Waals surface area contributed by atoms with Crippen LogP contribution < -0.4 is 5.73 Å². The molecular formula is C18H18ClF2N3O3. The first kappa shape index (κ1) is 18.2. The lowest BCUT2D eigenvalue weighted by molar-refractivity contribution is -0.150. The molecule has 2 N–H and O–H groups in total. The fraction of sp³-hybridized carbons (Fsp3) is 0.444. The van der Waals surface area contributed by atoms with Crippen LogP contribution in [-0.4, -0.2) is 59.3 Å². The summed E-state index contributed by atoms with van der Waals surface area (Å²) in [5, 5.41) is 1.21. The van der Waals surface area contributed by atoms with Crippen LogP contribution in [0.1, 0.15) is 23.4 Å². The van der Waals surface area contributed by atoms with E-state index in [9.17, 15) is 18.4 Å². The van der Waals surface area contributed by atoms with E-state index in [0.717, 1.165) is 4.90 Å². The van der Waals surface area contributed by atoms with Gasteiger partial charge in [-0.3, -0.25) is 9.59 Å². The van der Waals surface area contributed by atoms with Gasteiger partial charge in [0.15, 0.2) is 5.76 Å². The van der Waals surface area contributed by atoms with Crippen LogP contribution in [0.5, 0.6) is 0 Å². The summed E-state index contributed by atoms with van der Waals surface area (Å²) in [6.07, 6.45) is -0.664. The maximum atomic E-state index is 13.7. The number of likely N-dealkylation sites (tertiary alicyclic amines) is 2. The first-order valence-electron chi connectivity index (χ1n) is 8.65. The Labute approximate surface area is 158 Å². The quantitative estimate of drug-likeness (QED) is 0.844. The number of rotatable bonds is 2. The number of nitrogens with two attached hydrogens (primary N) is 1. The van der Waals surface area contributed by atoms with E-state index >= 15 is 0 Å². The topological polar surface area (TPSA) is 79.8 Å². The van der Waals surface area contributed by atoms with Crippen LogP contribution >= 0.6 is 11.6 Å². The molecule has 9 heteroatoms. The molecule has 2 amide bonds. The number of hydrogen-bond acceptors (Lipinski definition) is 4. The second kappa shape index (κ2) is 6.45. The Balaban J connectivity index is 1.53. The molecule has 1 aromatic carbocycles. The number of furan rings is 1. The molecule has 2 aliphatic heterocycles. The maximum absolute atomic E-state index is 13.7. The molecule has 4 rings (SSSR count). The van der Waals surface area contributed by atoms with Gasteiger partial charge in [-0.2, -0.15) is 0 Å². The van der Waals surface area contributed by atoms with Crippen molar-refractivity contribution in [1.82, 2.24) is 9.80 Å². The first-order chi connectivity index (χ1) is 12.7. The number of hydrogen-bond donors (Lipinski definition) is 1. The molecule has 0 unspecified atom stereocenters. The predicted octanol–water partition coefficient (Wildman–Crippen LogP) is 2.50. The smallest absolute Gasteiger partial charge is 0.289 e. The summed E-state index contributed by atoms with van der Waals surface area (Å²) in [5.74, 6) is -3.55. The highest BCUT2D eigenvalue weighted by Crippen LogP contribution is 2.31. The van der Waals surface area contributed by atoms with Crippen molar-refractivity contribution in [2.45, 2.75) is 30.8 Å². The minimum absolute atomic E-state index is 0.0968. The summed E-state index contributed by atoms with van der Waals surface area (Å²) >= 11 is 5.94. The molecule has 2 aromatic rings. The summed E-state index contributed by atoms with van der Waals surface area (Å²) in [4.78, 5) is 27.5. The number of nitrogens with zero attached hydrogens (tertiary/aromatic N) is 2. The number of carbonyl (C=O) groups is 2. The highest BCUT2D eigenvalue weighted by Gasteiger charge is 2.46. The molecule has 144 valence electrons. The average Bonchev–Trinajstić information content (AvgIpc) is 3.19. The molecule has 2 saturated heterocycles. The van der Waals surface area contributed by atoms with Gasteiger partial charge >= 0.3 is 0 Å². The van der Waals surface area contributed by atoms with E-state index in [1.54, 1.807) is 24.3 Å². The highest BCUT2D eigenvalue weighted by atomic mass is 35.5. The van der Waals surface area contributed by atoms with Crippen molar-refractivity contribution in [1.29, 1.82) is 0 Å². The molecular weight excluding hydrogens is 380 g/mol. The Kier molecular flexibility index (Phi) is 4.35. The Hall–Kier alpha value is -2.19. The number of fused-ring (bicyclic) bond motifs is 1. The van der Waals surface area contributed by atoms with Crippen LogP contribution in [-0.2, 0) is 4.79 Å². The zero-order chi connectivity index (χ0) is 19.3. The highest BCUT2D eigenvalue weighted by molar-refractivity contribution is 6.31. The number of alkyl halides is 2. The summed E-state index contributed by atoms with van der Waals surface area (Å²) < 4.78 is 33.1. The molecule has 2 fully saturated rings. The second-order valence-electron chi connectivity index (χ2n) is 7.11. The molecule has 2 atom stereocenters. The van der Waals surface area contributed by atoms with Gasteiger partial charge in [-0.25, -0.2) is 8.78 Å². The summed E-state index contributed by atoms with van der Waals surface area (Å²) in [6, 6.07) is 5.37. The van der Waals surface area contributed by atoms with Gasteiger partial charge in [0.1, 0.15) is 5.58 Å². The molecule has 0 aliphatic carbocycles. The SMILES string of the molecule is N[C@@H]1CN(C(=O)c2cc3cc(Cl)ccc3o2)C[C@@H]1N1CC(F)(F)CCC1=O. The molecule has 27 heavy (non-hydrogen) atoms. The molecule has 3 heterocycles. The fourth-order valence-electron chi connectivity index (χ4n) is 3.73. The molecule has 0 bridgehead atoms. The Bertz CT molecular complexity index is 916. The molecule has 0 spiro atoms. The average molecular weight is 398 g/mol. The van der Waals surface area contributed by atoms with Gasteiger partial charge in [0.25, 0.3) is 11.8 Å². The number of piperidine rings is 1. The minimum Gasteiger partial charge on any atom is -0.451 e. The molecule has 6 nitrogen and oxygen atoms in total. The largest absolute Gasteiger partial charge is 0.451 e. The van der Waals surface area contributed by atoms with Gasteiger partial charge in [0.05, 0.1) is 12.6 Å². The van der Waals surface area contributed by atoms with Crippen molar-refractivity contribution in [2.24, 2.45) is 5.73 Å². The lowest BCUT2D eigenvalue weighted by Crippen LogP contribution is -2.56. The normalized spacial score (nSPS) is 25.4. The number of halogens is 3. The van der Waals surface area contributed by atoms with Crippen molar-refractivity contribution < 1.29 is 22.8 Å². The van der Waals surface area contributed by atoms with Crippen LogP contribution in [0.25, 0.3) is 11.0 Å². The van der Waals surface area contributed by atoms with Crippen molar-refractivity contribution >= 4 is 34.4 Å². The zero-order valence-corrected chi connectivity index (χ0v) is 15.1. The van der Waals surface area contributed by atoms with E-state index in [1.807, 2.05) is 0 Å². The third-order valence-corrected chi connectivity index (χ3v) is 5.37. The van der Waals surface area contributed by atoms with Gasteiger partial charge in [0.2, 0.25) is 5.91 Å². The van der Waals surface area contributed by atoms with E-state index in [4.69, 9.17) is 21.8 Å². The van der Waals surface area contributed by atoms with Gasteiger partial charge < -0.3 is 20.0 Å². The number of amides is 2. The fourth-order valence-corrected chi connectivity index (χ4v) is 3.92. The third kappa shape index (κ3) is 3.39. The summed E-state index contributed by atoms with van der Waals surface area (Å²) in [7, 11) is 0. The van der Waals surface area contributed by atoms with Crippen LogP contribution in [0.3, 0.4) is 0 Å². The van der Waals surface area contributed by atoms with Crippen LogP contribution in [0, 0.1) is 0 Å². The molecule has 2 aliphatic rings. The van der Waals surface area contributed by atoms with Gasteiger partial charge in [-0.1, -0.05) is 11.6 Å². The monoisotopic (exact) mass is 397 g/mol. The van der Waals surface area contributed by atoms with Crippen molar-refractivity contribution in [2.75, 3.05) is 19.6 Å². The van der Waals surface area contributed by atoms with Gasteiger partial charge in [-0.05, 0) is 24.3 Å². The van der Waals surface area contributed by atoms with Crippen molar-refractivity contribution in [3.8, 4) is 0 Å². The Morgan fingerprint density at radius 3 is 2.85 bits per heavy atom. The Morgan fingerprint density at radius 1 is 1.30 bits per heavy atom. The minimum atomic E-state index is -2.93. The number of benzene rings is 1. The number of carbonyl (C=O) groups excluding carboxylic acids is 2. The Morgan fingerprint density at radius 2 is 2.07 bits per heavy atom. The van der Waals surface area contributed by atoms with E-state index in [0.29, 0.717) is 16.0 Å². The molecule has 0 saturated carbocycles. The standard InChI is InChI=1S/C18H18ClF2N3O3/c19-11-1-2-14-10(5-11)6-15(27-14)17(26)23-7-12(22)13(8-23)24-9-18(20,21)4-3-16(24)25/h1-2,5-6,12-13H,3-4,7-9,22H2/t12-,13+/m1/s1. The van der Waals surface area contributed by atoms with E-state index in [-0.39, 0.29) is 31.2 Å². The van der Waals surface area contributed by atoms with Crippen LogP contribution in [0.15, 0.2) is 28.7 Å². The summed E-state index contributed by atoms with van der Waals surface area (Å²) in [5.41, 5.74) is 6.60. The first-order valence-corrected chi connectivity index (χ1v) is 9.02. The molecule has 1 aromatic heterocycles. The zero-order valence-electron chi connectivity index (χ0n) is 14.3.